The highest BCUT2D eigenvalue weighted by molar-refractivity contribution is 5.89. The first-order valence-corrected chi connectivity index (χ1v) is 5.62. The summed E-state index contributed by atoms with van der Waals surface area (Å²) in [7, 11) is 0. The Morgan fingerprint density at radius 3 is 2.65 bits per heavy atom. The number of hydrazone groups is 1. The van der Waals surface area contributed by atoms with Crippen LogP contribution in [0.3, 0.4) is 0 Å². The summed E-state index contributed by atoms with van der Waals surface area (Å²) < 4.78 is 0. The van der Waals surface area contributed by atoms with Crippen molar-refractivity contribution in [1.82, 2.24) is 15.2 Å². The minimum Gasteiger partial charge on any atom is -0.478 e. The normalized spacial score (nSPS) is 10.7. The van der Waals surface area contributed by atoms with Crippen LogP contribution in [0, 0.1) is 6.92 Å². The van der Waals surface area contributed by atoms with E-state index in [0.29, 0.717) is 5.56 Å². The molecule has 0 saturated heterocycles. The molecule has 0 fully saturated rings. The Bertz CT molecular complexity index is 706. The number of hydrogen-bond acceptors (Lipinski definition) is 6. The van der Waals surface area contributed by atoms with Crippen LogP contribution in [0.4, 0.5) is 5.95 Å². The highest BCUT2D eigenvalue weighted by atomic mass is 16.4. The number of hydrogen-bond donors (Lipinski definition) is 3. The molecule has 0 radical (unpaired) electrons. The molecule has 2 aromatic rings. The van der Waals surface area contributed by atoms with Gasteiger partial charge in [-0.3, -0.25) is 9.78 Å². The smallest absolute Gasteiger partial charge is 0.335 e. The number of nitrogens with one attached hydrogen (secondary N) is 2. The number of aromatic carboxylic acids is 1. The van der Waals surface area contributed by atoms with Gasteiger partial charge in [0.25, 0.3) is 5.56 Å². The molecule has 0 atom stereocenters. The average molecular weight is 273 g/mol. The molecule has 2 rings (SSSR count). The van der Waals surface area contributed by atoms with Crippen molar-refractivity contribution in [2.45, 2.75) is 6.92 Å². The van der Waals surface area contributed by atoms with Crippen LogP contribution >= 0.6 is 0 Å². The molecule has 0 saturated carbocycles. The fourth-order valence-corrected chi connectivity index (χ4v) is 1.32. The van der Waals surface area contributed by atoms with Gasteiger partial charge in [0, 0.05) is 0 Å². The maximum atomic E-state index is 11.3. The highest BCUT2D eigenvalue weighted by Crippen LogP contribution is 2.02. The summed E-state index contributed by atoms with van der Waals surface area (Å²) in [5.41, 5.74) is 3.34. The summed E-state index contributed by atoms with van der Waals surface area (Å²) in [4.78, 5) is 24.4. The van der Waals surface area contributed by atoms with E-state index in [9.17, 15) is 9.59 Å². The summed E-state index contributed by atoms with van der Waals surface area (Å²) in [6.07, 6.45) is 1.46. The molecule has 3 N–H and O–H groups in total. The zero-order valence-electron chi connectivity index (χ0n) is 10.5. The van der Waals surface area contributed by atoms with Crippen LogP contribution in [0.5, 0.6) is 0 Å². The van der Waals surface area contributed by atoms with E-state index in [1.807, 2.05) is 0 Å². The van der Waals surface area contributed by atoms with Crippen molar-refractivity contribution in [3.63, 3.8) is 0 Å². The maximum absolute atomic E-state index is 11.3. The third kappa shape index (κ3) is 3.25. The second kappa shape index (κ2) is 5.74. The van der Waals surface area contributed by atoms with Gasteiger partial charge in [-0.25, -0.2) is 10.2 Å². The summed E-state index contributed by atoms with van der Waals surface area (Å²) in [5, 5.41) is 20.0. The number of carboxylic acid groups (broad SMARTS) is 1. The van der Waals surface area contributed by atoms with Gasteiger partial charge in [-0.1, -0.05) is 12.1 Å². The van der Waals surface area contributed by atoms with Crippen LogP contribution in [0.25, 0.3) is 0 Å². The van der Waals surface area contributed by atoms with Gasteiger partial charge in [-0.2, -0.15) is 5.10 Å². The Balaban J connectivity index is 2.04. The molecule has 20 heavy (non-hydrogen) atoms. The van der Waals surface area contributed by atoms with Gasteiger partial charge >= 0.3 is 5.97 Å². The number of benzene rings is 1. The van der Waals surface area contributed by atoms with Crippen molar-refractivity contribution >= 4 is 18.1 Å². The first-order chi connectivity index (χ1) is 9.56. The Morgan fingerprint density at radius 2 is 2.05 bits per heavy atom. The van der Waals surface area contributed by atoms with Crippen molar-refractivity contribution < 1.29 is 9.90 Å². The van der Waals surface area contributed by atoms with E-state index in [4.69, 9.17) is 5.11 Å². The van der Waals surface area contributed by atoms with Crippen molar-refractivity contribution in [1.29, 1.82) is 0 Å². The van der Waals surface area contributed by atoms with E-state index in [2.05, 4.69) is 25.7 Å². The zero-order valence-corrected chi connectivity index (χ0v) is 10.5. The highest BCUT2D eigenvalue weighted by Gasteiger charge is 2.00. The molecular weight excluding hydrogens is 262 g/mol. The summed E-state index contributed by atoms with van der Waals surface area (Å²) in [5.74, 6) is -0.863. The van der Waals surface area contributed by atoms with Gasteiger partial charge in [0.2, 0.25) is 5.95 Å². The Labute approximate surface area is 113 Å². The lowest BCUT2D eigenvalue weighted by Gasteiger charge is -1.98. The zero-order chi connectivity index (χ0) is 14.5. The van der Waals surface area contributed by atoms with Crippen LogP contribution in [0.1, 0.15) is 21.6 Å². The molecule has 0 spiro atoms. The lowest BCUT2D eigenvalue weighted by molar-refractivity contribution is 0.0697. The maximum Gasteiger partial charge on any atom is 0.335 e. The van der Waals surface area contributed by atoms with Crippen molar-refractivity contribution in [2.24, 2.45) is 5.10 Å². The number of rotatable bonds is 4. The summed E-state index contributed by atoms with van der Waals surface area (Å²) in [6.45, 7) is 1.54. The number of nitrogens with zero attached hydrogens (tertiary/aromatic N) is 3. The lowest BCUT2D eigenvalue weighted by Crippen LogP contribution is -2.15. The molecule has 102 valence electrons. The van der Waals surface area contributed by atoms with E-state index >= 15 is 0 Å². The largest absolute Gasteiger partial charge is 0.478 e. The first-order valence-electron chi connectivity index (χ1n) is 5.62. The predicted octanol–water partition coefficient (Wildman–Crippen LogP) is 0.618. The molecule has 1 heterocycles. The standard InChI is InChI=1S/C12H11N5O3/c1-7-10(18)14-12(17-15-7)16-13-6-8-2-4-9(5-3-8)11(19)20/h2-6H,1H3,(H,19,20)(H2,14,16,17,18)/b13-6+. The first kappa shape index (κ1) is 13.4. The second-order valence-corrected chi connectivity index (χ2v) is 3.89. The topological polar surface area (TPSA) is 120 Å². The molecule has 0 bridgehead atoms. The molecule has 0 aliphatic rings. The molecule has 0 aliphatic carbocycles. The predicted molar refractivity (Wildman–Crippen MR) is 72.0 cm³/mol. The number of aromatic amines is 1. The molecule has 8 heteroatoms. The van der Waals surface area contributed by atoms with Crippen molar-refractivity contribution in [3.05, 3.63) is 51.4 Å². The van der Waals surface area contributed by atoms with Crippen LogP contribution in [-0.2, 0) is 0 Å². The summed E-state index contributed by atoms with van der Waals surface area (Å²) in [6, 6.07) is 6.16. The van der Waals surface area contributed by atoms with Crippen LogP contribution in [0.15, 0.2) is 34.2 Å². The van der Waals surface area contributed by atoms with Crippen molar-refractivity contribution in [3.8, 4) is 0 Å². The van der Waals surface area contributed by atoms with E-state index in [0.717, 1.165) is 0 Å². The number of carbonyl (C=O) groups is 1. The Morgan fingerprint density at radius 1 is 1.35 bits per heavy atom. The number of anilines is 1. The average Bonchev–Trinajstić information content (AvgIpc) is 2.43. The van der Waals surface area contributed by atoms with Gasteiger partial charge in [-0.15, -0.1) is 10.2 Å². The van der Waals surface area contributed by atoms with E-state index in [1.54, 1.807) is 19.1 Å². The molecule has 1 aromatic carbocycles. The Kier molecular flexibility index (Phi) is 3.85. The Hall–Kier alpha value is -3.03. The molecule has 1 aromatic heterocycles. The molecular formula is C12H11N5O3. The molecule has 0 aliphatic heterocycles. The van der Waals surface area contributed by atoms with E-state index in [-0.39, 0.29) is 22.8 Å². The van der Waals surface area contributed by atoms with E-state index < -0.39 is 5.97 Å². The monoisotopic (exact) mass is 273 g/mol. The van der Waals surface area contributed by atoms with Crippen LogP contribution in [0.2, 0.25) is 0 Å². The van der Waals surface area contributed by atoms with Gasteiger partial charge in [0.15, 0.2) is 0 Å². The fourth-order valence-electron chi connectivity index (χ4n) is 1.32. The SMILES string of the molecule is Cc1nnc(N/N=C/c2ccc(C(=O)O)cc2)[nH]c1=O. The van der Waals surface area contributed by atoms with Gasteiger partial charge in [-0.05, 0) is 24.6 Å². The quantitative estimate of drug-likeness (QED) is 0.554. The molecule has 8 nitrogen and oxygen atoms in total. The summed E-state index contributed by atoms with van der Waals surface area (Å²) >= 11 is 0. The minimum absolute atomic E-state index is 0.124. The fraction of sp³-hybridized carbons (Fsp3) is 0.0833. The third-order valence-electron chi connectivity index (χ3n) is 2.40. The molecule has 0 amide bonds. The number of aromatic nitrogens is 3. The van der Waals surface area contributed by atoms with Crippen LogP contribution in [-0.4, -0.2) is 32.5 Å². The number of carboxylic acids is 1. The van der Waals surface area contributed by atoms with E-state index in [1.165, 1.54) is 18.3 Å². The number of H-pyrrole nitrogens is 1. The molecule has 0 unspecified atom stereocenters. The van der Waals surface area contributed by atoms with Gasteiger partial charge < -0.3 is 5.11 Å². The van der Waals surface area contributed by atoms with Crippen molar-refractivity contribution in [2.75, 3.05) is 5.43 Å². The number of aryl methyl sites for hydroxylation is 1. The van der Waals surface area contributed by atoms with Gasteiger partial charge in [0.1, 0.15) is 5.69 Å². The van der Waals surface area contributed by atoms with Crippen LogP contribution < -0.4 is 11.0 Å². The second-order valence-electron chi connectivity index (χ2n) is 3.89. The third-order valence-corrected chi connectivity index (χ3v) is 2.40. The van der Waals surface area contributed by atoms with Gasteiger partial charge in [0.05, 0.1) is 11.8 Å². The lowest BCUT2D eigenvalue weighted by atomic mass is 10.1. The minimum atomic E-state index is -0.987.